The molecular formula is C23H26N4S. The molecule has 0 bridgehead atoms. The first-order chi connectivity index (χ1) is 13.5. The number of nitrogens with one attached hydrogen (secondary N) is 2. The van der Waals surface area contributed by atoms with Crippen LogP contribution in [0.3, 0.4) is 0 Å². The second-order valence-corrected chi connectivity index (χ2v) is 7.26. The maximum Gasteiger partial charge on any atom is 0.0610 e. The summed E-state index contributed by atoms with van der Waals surface area (Å²) in [5.41, 5.74) is 8.83. The van der Waals surface area contributed by atoms with E-state index in [1.807, 2.05) is 31.5 Å². The number of thiol groups is 1. The van der Waals surface area contributed by atoms with Gasteiger partial charge in [-0.15, -0.1) is 12.6 Å². The highest BCUT2D eigenvalue weighted by Crippen LogP contribution is 2.33. The smallest absolute Gasteiger partial charge is 0.0610 e. The lowest BCUT2D eigenvalue weighted by molar-refractivity contribution is 0.834. The molecule has 1 aromatic heterocycles. The second-order valence-electron chi connectivity index (χ2n) is 6.78. The highest BCUT2D eigenvalue weighted by atomic mass is 32.1. The number of aromatic nitrogens is 1. The zero-order valence-corrected chi connectivity index (χ0v) is 17.5. The Labute approximate surface area is 172 Å². The molecule has 0 amide bonds. The lowest BCUT2D eigenvalue weighted by Gasteiger charge is -2.15. The molecule has 1 aromatic carbocycles. The van der Waals surface area contributed by atoms with Crippen LogP contribution < -0.4 is 10.6 Å². The lowest BCUT2D eigenvalue weighted by Crippen LogP contribution is -2.11. The molecule has 0 spiro atoms. The summed E-state index contributed by atoms with van der Waals surface area (Å²) in [7, 11) is 1.93. The van der Waals surface area contributed by atoms with Crippen molar-refractivity contribution in [2.24, 2.45) is 4.99 Å². The van der Waals surface area contributed by atoms with Crippen molar-refractivity contribution in [1.29, 1.82) is 0 Å². The fourth-order valence-electron chi connectivity index (χ4n) is 3.34. The molecule has 2 aromatic rings. The largest absolute Gasteiger partial charge is 0.388 e. The van der Waals surface area contributed by atoms with Crippen LogP contribution in [-0.4, -0.2) is 24.3 Å². The van der Waals surface area contributed by atoms with Crippen molar-refractivity contribution in [1.82, 2.24) is 10.3 Å². The Morgan fingerprint density at radius 2 is 2.14 bits per heavy atom. The number of benzene rings is 1. The van der Waals surface area contributed by atoms with Crippen molar-refractivity contribution in [3.8, 4) is 0 Å². The molecule has 3 rings (SSSR count). The fourth-order valence-corrected chi connectivity index (χ4v) is 3.67. The summed E-state index contributed by atoms with van der Waals surface area (Å²) in [6.07, 6.45) is 7.51. The Morgan fingerprint density at radius 1 is 1.32 bits per heavy atom. The van der Waals surface area contributed by atoms with Gasteiger partial charge in [0.2, 0.25) is 0 Å². The zero-order chi connectivity index (χ0) is 20.1. The normalized spacial score (nSPS) is 14.1. The van der Waals surface area contributed by atoms with Crippen molar-refractivity contribution in [3.63, 3.8) is 0 Å². The van der Waals surface area contributed by atoms with Gasteiger partial charge in [-0.05, 0) is 60.9 Å². The molecule has 2 heterocycles. The van der Waals surface area contributed by atoms with Gasteiger partial charge in [0, 0.05) is 59.1 Å². The number of allylic oxidation sites excluding steroid dienone is 2. The summed E-state index contributed by atoms with van der Waals surface area (Å²) in [5.74, 6) is 0. The molecule has 0 radical (unpaired) electrons. The second kappa shape index (κ2) is 8.93. The molecule has 0 saturated heterocycles. The molecule has 0 atom stereocenters. The molecule has 2 N–H and O–H groups in total. The summed E-state index contributed by atoms with van der Waals surface area (Å²) in [6, 6.07) is 8.25. The third kappa shape index (κ3) is 4.37. The van der Waals surface area contributed by atoms with Crippen LogP contribution >= 0.6 is 12.6 Å². The predicted octanol–water partition coefficient (Wildman–Crippen LogP) is 4.98. The summed E-state index contributed by atoms with van der Waals surface area (Å²) < 4.78 is 0. The summed E-state index contributed by atoms with van der Waals surface area (Å²) >= 11 is 4.78. The van der Waals surface area contributed by atoms with Crippen LogP contribution in [0, 0.1) is 0 Å². The van der Waals surface area contributed by atoms with E-state index in [0.29, 0.717) is 6.54 Å². The number of aliphatic imine (C=N–C) groups is 1. The Hall–Kier alpha value is -2.79. The molecule has 1 aliphatic heterocycles. The van der Waals surface area contributed by atoms with Crippen LogP contribution in [-0.2, 0) is 6.54 Å². The maximum atomic E-state index is 4.78. The highest BCUT2D eigenvalue weighted by molar-refractivity contribution is 7.80. The van der Waals surface area contributed by atoms with Crippen molar-refractivity contribution >= 4 is 35.7 Å². The van der Waals surface area contributed by atoms with Gasteiger partial charge in [-0.1, -0.05) is 12.6 Å². The van der Waals surface area contributed by atoms with Gasteiger partial charge in [0.15, 0.2) is 0 Å². The molecule has 5 heteroatoms. The Kier molecular flexibility index (Phi) is 6.37. The van der Waals surface area contributed by atoms with Crippen LogP contribution in [0.2, 0.25) is 0 Å². The minimum Gasteiger partial charge on any atom is -0.388 e. The van der Waals surface area contributed by atoms with Crippen molar-refractivity contribution in [2.45, 2.75) is 25.3 Å². The number of hydrogen-bond acceptors (Lipinski definition) is 5. The highest BCUT2D eigenvalue weighted by Gasteiger charge is 2.17. The third-order valence-corrected chi connectivity index (χ3v) is 5.17. The monoisotopic (exact) mass is 390 g/mol. The Balaban J connectivity index is 1.92. The van der Waals surface area contributed by atoms with Crippen LogP contribution in [0.25, 0.3) is 11.6 Å². The third-order valence-electron chi connectivity index (χ3n) is 4.80. The van der Waals surface area contributed by atoms with E-state index in [0.717, 1.165) is 45.2 Å². The van der Waals surface area contributed by atoms with Gasteiger partial charge in [0.25, 0.3) is 0 Å². The first-order valence-corrected chi connectivity index (χ1v) is 9.71. The molecule has 0 unspecified atom stereocenters. The average Bonchev–Trinajstić information content (AvgIpc) is 3.04. The van der Waals surface area contributed by atoms with Gasteiger partial charge >= 0.3 is 0 Å². The van der Waals surface area contributed by atoms with E-state index in [2.05, 4.69) is 59.2 Å². The minimum atomic E-state index is 0.683. The van der Waals surface area contributed by atoms with E-state index in [9.17, 15) is 0 Å². The molecule has 0 fully saturated rings. The van der Waals surface area contributed by atoms with Gasteiger partial charge in [0.1, 0.15) is 0 Å². The van der Waals surface area contributed by atoms with E-state index in [1.165, 1.54) is 11.1 Å². The van der Waals surface area contributed by atoms with Gasteiger partial charge in [-0.3, -0.25) is 9.98 Å². The van der Waals surface area contributed by atoms with Gasteiger partial charge in [-0.2, -0.15) is 0 Å². The quantitative estimate of drug-likeness (QED) is 0.462. The molecule has 0 saturated carbocycles. The lowest BCUT2D eigenvalue weighted by atomic mass is 9.96. The van der Waals surface area contributed by atoms with Crippen molar-refractivity contribution in [2.75, 3.05) is 18.9 Å². The topological polar surface area (TPSA) is 49.3 Å². The van der Waals surface area contributed by atoms with Crippen LogP contribution in [0.15, 0.2) is 70.5 Å². The standard InChI is InChI=1S/C23H26N4S/c1-5-19(27-14-17-7-6-8-25-13-17)11-20-21(24-4)9-18(10-22(20)28)23-15(2)12-26-16(23)3/h5-11,13,24,27-28H,1,12,14H2,2-4H3/b19-11+. The molecule has 28 heavy (non-hydrogen) atoms. The Morgan fingerprint density at radius 3 is 2.75 bits per heavy atom. The molecule has 4 nitrogen and oxygen atoms in total. The first kappa shape index (κ1) is 20.0. The number of pyridine rings is 1. The maximum absolute atomic E-state index is 4.78. The van der Waals surface area contributed by atoms with Crippen LogP contribution in [0.4, 0.5) is 5.69 Å². The molecule has 144 valence electrons. The van der Waals surface area contributed by atoms with Gasteiger partial charge < -0.3 is 10.6 Å². The fraction of sp³-hybridized carbons (Fsp3) is 0.217. The Bertz CT molecular complexity index is 972. The van der Waals surface area contributed by atoms with Crippen LogP contribution in [0.1, 0.15) is 30.5 Å². The van der Waals surface area contributed by atoms with E-state index in [4.69, 9.17) is 12.6 Å². The van der Waals surface area contributed by atoms with Crippen molar-refractivity contribution in [3.05, 3.63) is 77.3 Å². The number of nitrogens with zero attached hydrogens (tertiary/aromatic N) is 2. The van der Waals surface area contributed by atoms with Gasteiger partial charge in [-0.25, -0.2) is 0 Å². The van der Waals surface area contributed by atoms with E-state index < -0.39 is 0 Å². The first-order valence-electron chi connectivity index (χ1n) is 9.26. The van der Waals surface area contributed by atoms with E-state index >= 15 is 0 Å². The van der Waals surface area contributed by atoms with Gasteiger partial charge in [0.05, 0.1) is 6.54 Å². The predicted molar refractivity (Wildman–Crippen MR) is 123 cm³/mol. The summed E-state index contributed by atoms with van der Waals surface area (Å²) in [4.78, 5) is 9.61. The number of hydrogen-bond donors (Lipinski definition) is 3. The summed E-state index contributed by atoms with van der Waals surface area (Å²) in [5, 5.41) is 6.71. The van der Waals surface area contributed by atoms with E-state index in [1.54, 1.807) is 6.20 Å². The van der Waals surface area contributed by atoms with E-state index in [-0.39, 0.29) is 0 Å². The minimum absolute atomic E-state index is 0.683. The molecule has 0 aliphatic carbocycles. The van der Waals surface area contributed by atoms with Crippen molar-refractivity contribution < 1.29 is 0 Å². The zero-order valence-electron chi connectivity index (χ0n) is 16.6. The SMILES string of the molecule is C=C/C(=C\c1c(S)cc(C2=C(C)CN=C2C)cc1NC)NCc1cccnc1. The number of anilines is 1. The average molecular weight is 391 g/mol. The molecular weight excluding hydrogens is 364 g/mol. The number of rotatable bonds is 7. The van der Waals surface area contributed by atoms with Crippen LogP contribution in [0.5, 0.6) is 0 Å². The molecule has 1 aliphatic rings. The summed E-state index contributed by atoms with van der Waals surface area (Å²) in [6.45, 7) is 9.60.